The summed E-state index contributed by atoms with van der Waals surface area (Å²) in [6, 6.07) is 11.2. The summed E-state index contributed by atoms with van der Waals surface area (Å²) in [6.07, 6.45) is 4.11. The average molecular weight is 337 g/mol. The fourth-order valence-corrected chi connectivity index (χ4v) is 3.65. The number of nitrogens with zero attached hydrogens (tertiary/aromatic N) is 1. The van der Waals surface area contributed by atoms with Gasteiger partial charge in [-0.1, -0.05) is 0 Å². The summed E-state index contributed by atoms with van der Waals surface area (Å²) < 4.78 is 14.7. The molecule has 2 heterocycles. The number of nitrogen functional groups attached to an aromatic ring is 1. The molecule has 1 aliphatic heterocycles. The minimum atomic E-state index is -0.347. The molecular weight excluding hydrogens is 317 g/mol. The van der Waals surface area contributed by atoms with Crippen LogP contribution in [0.25, 0.3) is 10.9 Å². The lowest BCUT2D eigenvalue weighted by Crippen LogP contribution is -2.26. The third kappa shape index (κ3) is 2.91. The van der Waals surface area contributed by atoms with Crippen LogP contribution in [0.2, 0.25) is 0 Å². The number of carbonyl (C=O) groups excluding carboxylic acids is 1. The van der Waals surface area contributed by atoms with Crippen LogP contribution >= 0.6 is 0 Å². The summed E-state index contributed by atoms with van der Waals surface area (Å²) in [4.78, 5) is 12.7. The smallest absolute Gasteiger partial charge is 0.193 e. The molecule has 25 heavy (non-hydrogen) atoms. The van der Waals surface area contributed by atoms with Crippen LogP contribution in [0.4, 0.5) is 4.39 Å². The van der Waals surface area contributed by atoms with Crippen molar-refractivity contribution in [1.29, 1.82) is 0 Å². The molecule has 0 unspecified atom stereocenters. The number of aromatic nitrogens is 1. The number of rotatable bonds is 3. The van der Waals surface area contributed by atoms with Crippen LogP contribution in [0, 0.1) is 5.82 Å². The Bertz CT molecular complexity index is 924. The van der Waals surface area contributed by atoms with Gasteiger partial charge < -0.3 is 11.2 Å². The van der Waals surface area contributed by atoms with Crippen LogP contribution in [-0.2, 0) is 0 Å². The third-order valence-electron chi connectivity index (χ3n) is 5.01. The van der Waals surface area contributed by atoms with Crippen LogP contribution in [0.3, 0.4) is 0 Å². The standard InChI is InChI=1S/C20H20FN3O/c21-16-4-1-14(2-5-16)20(25)15-3-6-19-17(11-15)18(12-24(19)22)13-7-9-23-10-8-13/h1-6,11-13,23H,7-10,22H2. The molecule has 1 fully saturated rings. The molecule has 0 aliphatic carbocycles. The van der Waals surface area contributed by atoms with Gasteiger partial charge in [0.25, 0.3) is 0 Å². The maximum atomic E-state index is 13.1. The zero-order valence-electron chi connectivity index (χ0n) is 13.8. The SMILES string of the molecule is Nn1cc(C2CCNCC2)c2cc(C(=O)c3ccc(F)cc3)ccc21. The van der Waals surface area contributed by atoms with Gasteiger partial charge in [-0.15, -0.1) is 0 Å². The summed E-state index contributed by atoms with van der Waals surface area (Å²) >= 11 is 0. The third-order valence-corrected chi connectivity index (χ3v) is 5.01. The van der Waals surface area contributed by atoms with E-state index in [0.29, 0.717) is 17.0 Å². The van der Waals surface area contributed by atoms with Crippen LogP contribution in [-0.4, -0.2) is 23.5 Å². The molecule has 0 radical (unpaired) electrons. The largest absolute Gasteiger partial charge is 0.339 e. The highest BCUT2D eigenvalue weighted by Crippen LogP contribution is 2.33. The van der Waals surface area contributed by atoms with Crippen molar-refractivity contribution < 1.29 is 9.18 Å². The molecule has 4 nitrogen and oxygen atoms in total. The number of carbonyl (C=O) groups is 1. The zero-order chi connectivity index (χ0) is 17.4. The number of piperidine rings is 1. The first kappa shape index (κ1) is 15.8. The second kappa shape index (κ2) is 6.33. The molecule has 3 N–H and O–H groups in total. The summed E-state index contributed by atoms with van der Waals surface area (Å²) in [7, 11) is 0. The average Bonchev–Trinajstić information content (AvgIpc) is 2.99. The Morgan fingerprint density at radius 3 is 2.48 bits per heavy atom. The lowest BCUT2D eigenvalue weighted by molar-refractivity contribution is 0.103. The zero-order valence-corrected chi connectivity index (χ0v) is 13.8. The van der Waals surface area contributed by atoms with Crippen LogP contribution < -0.4 is 11.2 Å². The predicted octanol–water partition coefficient (Wildman–Crippen LogP) is 3.19. The number of fused-ring (bicyclic) bond motifs is 1. The second-order valence-electron chi connectivity index (χ2n) is 6.58. The van der Waals surface area contributed by atoms with Gasteiger partial charge in [-0.3, -0.25) is 9.47 Å². The Morgan fingerprint density at radius 2 is 1.76 bits per heavy atom. The van der Waals surface area contributed by atoms with Crippen molar-refractivity contribution in [3.05, 3.63) is 71.2 Å². The number of nitrogens with one attached hydrogen (secondary N) is 1. The van der Waals surface area contributed by atoms with Gasteiger partial charge in [0.15, 0.2) is 5.78 Å². The first-order valence-electron chi connectivity index (χ1n) is 8.54. The number of hydrogen-bond acceptors (Lipinski definition) is 3. The monoisotopic (exact) mass is 337 g/mol. The van der Waals surface area contributed by atoms with Gasteiger partial charge in [0.2, 0.25) is 0 Å². The molecule has 0 bridgehead atoms. The molecule has 1 aliphatic rings. The molecule has 0 saturated carbocycles. The minimum Gasteiger partial charge on any atom is -0.339 e. The lowest BCUT2D eigenvalue weighted by Gasteiger charge is -2.22. The second-order valence-corrected chi connectivity index (χ2v) is 6.58. The molecule has 0 atom stereocenters. The highest BCUT2D eigenvalue weighted by atomic mass is 19.1. The first-order valence-corrected chi connectivity index (χ1v) is 8.54. The number of ketones is 1. The minimum absolute atomic E-state index is 0.108. The van der Waals surface area contributed by atoms with E-state index < -0.39 is 0 Å². The van der Waals surface area contributed by atoms with Crippen molar-refractivity contribution in [2.75, 3.05) is 18.9 Å². The molecule has 5 heteroatoms. The summed E-state index contributed by atoms with van der Waals surface area (Å²) in [5, 5.41) is 4.40. The van der Waals surface area contributed by atoms with Crippen molar-refractivity contribution >= 4 is 16.7 Å². The normalized spacial score (nSPS) is 15.6. The van der Waals surface area contributed by atoms with E-state index in [1.165, 1.54) is 29.8 Å². The summed E-state index contributed by atoms with van der Waals surface area (Å²) in [5.74, 6) is 6.11. The van der Waals surface area contributed by atoms with Gasteiger partial charge in [0.1, 0.15) is 5.82 Å². The Hall–Kier alpha value is -2.66. The lowest BCUT2D eigenvalue weighted by atomic mass is 9.89. The highest BCUT2D eigenvalue weighted by molar-refractivity contribution is 6.10. The molecule has 4 rings (SSSR count). The van der Waals surface area contributed by atoms with E-state index in [1.54, 1.807) is 10.7 Å². The Morgan fingerprint density at radius 1 is 1.08 bits per heavy atom. The van der Waals surface area contributed by atoms with Crippen LogP contribution in [0.15, 0.2) is 48.7 Å². The predicted molar refractivity (Wildman–Crippen MR) is 96.8 cm³/mol. The van der Waals surface area contributed by atoms with Gasteiger partial charge in [0.05, 0.1) is 5.52 Å². The van der Waals surface area contributed by atoms with Crippen molar-refractivity contribution in [3.8, 4) is 0 Å². The number of benzene rings is 2. The van der Waals surface area contributed by atoms with Crippen molar-refractivity contribution in [1.82, 2.24) is 9.99 Å². The summed E-state index contributed by atoms with van der Waals surface area (Å²) in [5.41, 5.74) is 3.20. The van der Waals surface area contributed by atoms with Crippen molar-refractivity contribution in [2.45, 2.75) is 18.8 Å². The first-order chi connectivity index (χ1) is 12.1. The molecule has 0 spiro atoms. The van der Waals surface area contributed by atoms with E-state index in [1.807, 2.05) is 18.3 Å². The Balaban J connectivity index is 1.75. The van der Waals surface area contributed by atoms with E-state index >= 15 is 0 Å². The van der Waals surface area contributed by atoms with E-state index in [4.69, 9.17) is 5.84 Å². The maximum absolute atomic E-state index is 13.1. The molecule has 2 aromatic carbocycles. The Labute approximate surface area is 145 Å². The van der Waals surface area contributed by atoms with E-state index in [0.717, 1.165) is 36.8 Å². The van der Waals surface area contributed by atoms with Gasteiger partial charge in [-0.25, -0.2) is 4.39 Å². The summed E-state index contributed by atoms with van der Waals surface area (Å²) in [6.45, 7) is 1.99. The molecule has 3 aromatic rings. The van der Waals surface area contributed by atoms with Gasteiger partial charge in [0, 0.05) is 22.7 Å². The molecular formula is C20H20FN3O. The van der Waals surface area contributed by atoms with Gasteiger partial charge in [-0.05, 0) is 79.9 Å². The molecule has 0 amide bonds. The number of hydrogen-bond donors (Lipinski definition) is 2. The number of nitrogens with two attached hydrogens (primary N) is 1. The van der Waals surface area contributed by atoms with Gasteiger partial charge in [-0.2, -0.15) is 0 Å². The maximum Gasteiger partial charge on any atom is 0.193 e. The molecule has 128 valence electrons. The van der Waals surface area contributed by atoms with Crippen molar-refractivity contribution in [2.24, 2.45) is 0 Å². The van der Waals surface area contributed by atoms with Crippen LogP contribution in [0.5, 0.6) is 0 Å². The van der Waals surface area contributed by atoms with E-state index in [2.05, 4.69) is 5.32 Å². The fourth-order valence-electron chi connectivity index (χ4n) is 3.65. The molecule has 1 aromatic heterocycles. The van der Waals surface area contributed by atoms with E-state index in [9.17, 15) is 9.18 Å². The van der Waals surface area contributed by atoms with Crippen molar-refractivity contribution in [3.63, 3.8) is 0 Å². The highest BCUT2D eigenvalue weighted by Gasteiger charge is 2.21. The topological polar surface area (TPSA) is 60.0 Å². The number of halogens is 1. The van der Waals surface area contributed by atoms with Gasteiger partial charge >= 0.3 is 0 Å². The van der Waals surface area contributed by atoms with Crippen LogP contribution in [0.1, 0.15) is 40.2 Å². The fraction of sp³-hybridized carbons (Fsp3) is 0.250. The van der Waals surface area contributed by atoms with E-state index in [-0.39, 0.29) is 11.6 Å². The molecule has 1 saturated heterocycles. The quantitative estimate of drug-likeness (QED) is 0.570. The Kier molecular flexibility index (Phi) is 4.01.